The largest absolute Gasteiger partial charge is 0.347 e. The van der Waals surface area contributed by atoms with Crippen LogP contribution in [0.25, 0.3) is 22.5 Å². The first-order valence-electron chi connectivity index (χ1n) is 9.02. The lowest BCUT2D eigenvalue weighted by molar-refractivity contribution is 0.0943. The fraction of sp³-hybridized carbons (Fsp3) is 0.0909. The number of rotatable bonds is 5. The highest BCUT2D eigenvalue weighted by molar-refractivity contribution is 5.94. The molecule has 0 saturated heterocycles. The van der Waals surface area contributed by atoms with E-state index in [1.165, 1.54) is 12.1 Å². The summed E-state index contributed by atoms with van der Waals surface area (Å²) in [6.07, 6.45) is 8.57. The number of pyridine rings is 1. The molecule has 4 aromatic rings. The molecule has 3 aromatic heterocycles. The summed E-state index contributed by atoms with van der Waals surface area (Å²) in [4.78, 5) is 25.2. The van der Waals surface area contributed by atoms with Gasteiger partial charge in [-0.3, -0.25) is 9.78 Å². The lowest BCUT2D eigenvalue weighted by Crippen LogP contribution is -2.24. The van der Waals surface area contributed by atoms with Gasteiger partial charge in [0, 0.05) is 61.3 Å². The topological polar surface area (TPSA) is 72.7 Å². The van der Waals surface area contributed by atoms with Crippen molar-refractivity contribution in [2.24, 2.45) is 7.05 Å². The number of hydrogen-bond acceptors (Lipinski definition) is 4. The molecule has 0 aliphatic rings. The van der Waals surface area contributed by atoms with Crippen LogP contribution in [0.5, 0.6) is 0 Å². The number of carbonyl (C=O) groups is 1. The van der Waals surface area contributed by atoms with Gasteiger partial charge in [0.2, 0.25) is 0 Å². The van der Waals surface area contributed by atoms with E-state index in [-0.39, 0.29) is 11.7 Å². The number of amides is 1. The maximum atomic E-state index is 13.4. The molecule has 4 rings (SSSR count). The third kappa shape index (κ3) is 4.19. The van der Waals surface area contributed by atoms with Crippen molar-refractivity contribution in [3.8, 4) is 22.5 Å². The Kier molecular flexibility index (Phi) is 5.11. The third-order valence-corrected chi connectivity index (χ3v) is 4.51. The Bertz CT molecular complexity index is 1140. The van der Waals surface area contributed by atoms with E-state index in [2.05, 4.69) is 20.3 Å². The van der Waals surface area contributed by atoms with Gasteiger partial charge >= 0.3 is 0 Å². The number of nitrogens with zero attached hydrogens (tertiary/aromatic N) is 4. The fourth-order valence-electron chi connectivity index (χ4n) is 2.98. The van der Waals surface area contributed by atoms with E-state index >= 15 is 0 Å². The number of nitrogens with one attached hydrogen (secondary N) is 1. The van der Waals surface area contributed by atoms with Crippen LogP contribution in [0.3, 0.4) is 0 Å². The van der Waals surface area contributed by atoms with Gasteiger partial charge in [-0.25, -0.2) is 14.4 Å². The quantitative estimate of drug-likeness (QED) is 0.568. The highest BCUT2D eigenvalue weighted by Crippen LogP contribution is 2.23. The molecule has 29 heavy (non-hydrogen) atoms. The number of carbonyl (C=O) groups excluding carboxylic acids is 1. The van der Waals surface area contributed by atoms with Crippen molar-refractivity contribution in [2.75, 3.05) is 0 Å². The maximum absolute atomic E-state index is 13.4. The smallest absolute Gasteiger partial charge is 0.268 e. The summed E-state index contributed by atoms with van der Waals surface area (Å²) in [6, 6.07) is 11.7. The van der Waals surface area contributed by atoms with Gasteiger partial charge in [0.05, 0.1) is 0 Å². The van der Waals surface area contributed by atoms with E-state index in [0.717, 1.165) is 16.7 Å². The van der Waals surface area contributed by atoms with E-state index in [9.17, 15) is 9.18 Å². The number of aryl methyl sites for hydroxylation is 1. The Balaban J connectivity index is 1.50. The van der Waals surface area contributed by atoms with Gasteiger partial charge in [-0.15, -0.1) is 0 Å². The fourth-order valence-corrected chi connectivity index (χ4v) is 2.98. The van der Waals surface area contributed by atoms with Gasteiger partial charge in [-0.05, 0) is 35.9 Å². The van der Waals surface area contributed by atoms with E-state index in [0.29, 0.717) is 23.6 Å². The number of hydrogen-bond donors (Lipinski definition) is 1. The maximum Gasteiger partial charge on any atom is 0.268 e. The van der Waals surface area contributed by atoms with Crippen molar-refractivity contribution in [3.63, 3.8) is 0 Å². The standard InChI is InChI=1S/C22H18FN5O/c1-28-14-17(10-20(28)22(29)27-11-15-5-7-24-8-6-15)18-12-25-21(26-13-18)16-3-2-4-19(23)9-16/h2-10,12-14H,11H2,1H3,(H,27,29). The molecule has 0 atom stereocenters. The molecule has 0 bridgehead atoms. The van der Waals surface area contributed by atoms with Crippen LogP contribution >= 0.6 is 0 Å². The molecule has 0 saturated carbocycles. The van der Waals surface area contributed by atoms with Crippen LogP contribution in [-0.4, -0.2) is 25.4 Å². The highest BCUT2D eigenvalue weighted by Gasteiger charge is 2.13. The Hall–Kier alpha value is -3.87. The zero-order chi connectivity index (χ0) is 20.2. The molecular weight excluding hydrogens is 369 g/mol. The van der Waals surface area contributed by atoms with E-state index in [4.69, 9.17) is 0 Å². The molecule has 0 aliphatic carbocycles. The molecule has 144 valence electrons. The molecule has 0 aliphatic heterocycles. The van der Waals surface area contributed by atoms with Crippen LogP contribution in [0.2, 0.25) is 0 Å². The number of halogens is 1. The first kappa shape index (κ1) is 18.5. The predicted molar refractivity (Wildman–Crippen MR) is 107 cm³/mol. The Labute approximate surface area is 167 Å². The van der Waals surface area contributed by atoms with E-state index in [1.54, 1.807) is 47.6 Å². The zero-order valence-corrected chi connectivity index (χ0v) is 15.7. The summed E-state index contributed by atoms with van der Waals surface area (Å²) in [5.41, 5.74) is 3.72. The first-order valence-corrected chi connectivity index (χ1v) is 9.02. The van der Waals surface area contributed by atoms with Crippen molar-refractivity contribution >= 4 is 5.91 Å². The normalized spacial score (nSPS) is 10.7. The van der Waals surface area contributed by atoms with Crippen molar-refractivity contribution in [1.82, 2.24) is 24.8 Å². The van der Waals surface area contributed by atoms with E-state index in [1.807, 2.05) is 25.4 Å². The molecule has 1 aromatic carbocycles. The summed E-state index contributed by atoms with van der Waals surface area (Å²) in [6.45, 7) is 0.424. The average Bonchev–Trinajstić information content (AvgIpc) is 3.14. The minimum atomic E-state index is -0.333. The summed E-state index contributed by atoms with van der Waals surface area (Å²) in [5.74, 6) is -0.0620. The van der Waals surface area contributed by atoms with Crippen LogP contribution < -0.4 is 5.32 Å². The number of aromatic nitrogens is 4. The van der Waals surface area contributed by atoms with Crippen LogP contribution in [0.1, 0.15) is 16.1 Å². The van der Waals surface area contributed by atoms with Gasteiger partial charge < -0.3 is 9.88 Å². The third-order valence-electron chi connectivity index (χ3n) is 4.51. The Morgan fingerprint density at radius 2 is 1.79 bits per heavy atom. The van der Waals surface area contributed by atoms with Crippen LogP contribution in [0, 0.1) is 5.82 Å². The molecule has 0 fully saturated rings. The van der Waals surface area contributed by atoms with E-state index < -0.39 is 0 Å². The second-order valence-electron chi connectivity index (χ2n) is 6.57. The predicted octanol–water partition coefficient (Wildman–Crippen LogP) is 3.61. The van der Waals surface area contributed by atoms with Crippen LogP contribution in [0.15, 0.2) is 73.4 Å². The summed E-state index contributed by atoms with van der Waals surface area (Å²) in [5, 5.41) is 2.90. The molecular formula is C22H18FN5O. The lowest BCUT2D eigenvalue weighted by atomic mass is 10.1. The molecule has 3 heterocycles. The molecule has 1 amide bonds. The summed E-state index contributed by atoms with van der Waals surface area (Å²) >= 11 is 0. The minimum absolute atomic E-state index is 0.173. The molecule has 0 unspecified atom stereocenters. The first-order chi connectivity index (χ1) is 14.1. The molecule has 0 spiro atoms. The van der Waals surface area contributed by atoms with Crippen LogP contribution in [0.4, 0.5) is 4.39 Å². The number of benzene rings is 1. The second-order valence-corrected chi connectivity index (χ2v) is 6.57. The molecule has 6 nitrogen and oxygen atoms in total. The minimum Gasteiger partial charge on any atom is -0.347 e. The Morgan fingerprint density at radius 1 is 1.03 bits per heavy atom. The van der Waals surface area contributed by atoms with Crippen molar-refractivity contribution in [3.05, 3.63) is 90.5 Å². The van der Waals surface area contributed by atoms with Crippen molar-refractivity contribution in [1.29, 1.82) is 0 Å². The zero-order valence-electron chi connectivity index (χ0n) is 15.7. The lowest BCUT2D eigenvalue weighted by Gasteiger charge is -2.05. The Morgan fingerprint density at radius 3 is 2.52 bits per heavy atom. The molecule has 1 N–H and O–H groups in total. The highest BCUT2D eigenvalue weighted by atomic mass is 19.1. The molecule has 0 radical (unpaired) electrons. The van der Waals surface area contributed by atoms with Crippen molar-refractivity contribution in [2.45, 2.75) is 6.54 Å². The van der Waals surface area contributed by atoms with Gasteiger partial charge in [0.1, 0.15) is 11.5 Å². The van der Waals surface area contributed by atoms with Gasteiger partial charge in [0.25, 0.3) is 5.91 Å². The average molecular weight is 387 g/mol. The monoisotopic (exact) mass is 387 g/mol. The molecule has 7 heteroatoms. The van der Waals surface area contributed by atoms with Crippen molar-refractivity contribution < 1.29 is 9.18 Å². The SMILES string of the molecule is Cn1cc(-c2cnc(-c3cccc(F)c3)nc2)cc1C(=O)NCc1ccncc1. The van der Waals surface area contributed by atoms with Gasteiger partial charge in [0.15, 0.2) is 5.82 Å². The van der Waals surface area contributed by atoms with Crippen LogP contribution in [-0.2, 0) is 13.6 Å². The summed E-state index contributed by atoms with van der Waals surface area (Å²) in [7, 11) is 1.81. The summed E-state index contributed by atoms with van der Waals surface area (Å²) < 4.78 is 15.2. The van der Waals surface area contributed by atoms with Gasteiger partial charge in [-0.2, -0.15) is 0 Å². The second kappa shape index (κ2) is 8.02. The van der Waals surface area contributed by atoms with Gasteiger partial charge in [-0.1, -0.05) is 12.1 Å².